The minimum Gasteiger partial charge on any atom is -0.451 e. The van der Waals surface area contributed by atoms with Gasteiger partial charge in [-0.25, -0.2) is 23.1 Å². The van der Waals surface area contributed by atoms with Crippen molar-refractivity contribution in [2.75, 3.05) is 10.0 Å². The number of aryl methyl sites for hydroxylation is 1. The van der Waals surface area contributed by atoms with Gasteiger partial charge in [0.1, 0.15) is 5.58 Å². The average Bonchev–Trinajstić information content (AvgIpc) is 2.74. The highest BCUT2D eigenvalue weighted by Gasteiger charge is 2.17. The summed E-state index contributed by atoms with van der Waals surface area (Å²) in [4.78, 5) is 32.4. The summed E-state index contributed by atoms with van der Waals surface area (Å²) in [5.41, 5.74) is 1.20. The zero-order chi connectivity index (χ0) is 22.0. The fraction of sp³-hybridized carbons (Fsp3) is 0.0476. The Balaban J connectivity index is 1.53. The van der Waals surface area contributed by atoms with E-state index in [1.807, 2.05) is 6.92 Å². The first-order valence-electron chi connectivity index (χ1n) is 9.08. The highest BCUT2D eigenvalue weighted by molar-refractivity contribution is 7.92. The highest BCUT2D eigenvalue weighted by Crippen LogP contribution is 2.18. The maximum atomic E-state index is 12.5. The van der Waals surface area contributed by atoms with Crippen molar-refractivity contribution >= 4 is 38.5 Å². The van der Waals surface area contributed by atoms with Gasteiger partial charge in [-0.1, -0.05) is 6.07 Å². The number of benzene rings is 2. The van der Waals surface area contributed by atoms with Gasteiger partial charge in [-0.05, 0) is 55.0 Å². The van der Waals surface area contributed by atoms with Crippen molar-refractivity contribution in [3.05, 3.63) is 88.5 Å². The lowest BCUT2D eigenvalue weighted by Crippen LogP contribution is -2.16. The Kier molecular flexibility index (Phi) is 5.22. The molecule has 0 radical (unpaired) electrons. The smallest absolute Gasteiger partial charge is 0.291 e. The number of nitrogens with zero attached hydrogens (tertiary/aromatic N) is 2. The standard InChI is InChI=1S/C21H16N4O5S/c1-13-3-8-16-17(26)12-19(30-18(16)11-13)20(27)24-14-4-6-15(7-5-14)31(28,29)25-21-22-9-2-10-23-21/h2-12H,1H3,(H,24,27)(H,22,23,25). The van der Waals surface area contributed by atoms with Crippen LogP contribution in [0.25, 0.3) is 11.0 Å². The Hall–Kier alpha value is -4.05. The number of hydrogen-bond donors (Lipinski definition) is 2. The van der Waals surface area contributed by atoms with Crippen molar-refractivity contribution in [2.45, 2.75) is 11.8 Å². The van der Waals surface area contributed by atoms with Crippen LogP contribution in [0.1, 0.15) is 16.1 Å². The number of aromatic nitrogens is 2. The molecule has 2 aromatic carbocycles. The number of sulfonamides is 1. The van der Waals surface area contributed by atoms with E-state index in [9.17, 15) is 18.0 Å². The Morgan fingerprint density at radius 1 is 1.00 bits per heavy atom. The van der Waals surface area contributed by atoms with Gasteiger partial charge in [0.25, 0.3) is 15.9 Å². The largest absolute Gasteiger partial charge is 0.451 e. The van der Waals surface area contributed by atoms with E-state index >= 15 is 0 Å². The van der Waals surface area contributed by atoms with Gasteiger partial charge in [0, 0.05) is 24.1 Å². The number of nitrogens with one attached hydrogen (secondary N) is 2. The van der Waals surface area contributed by atoms with Crippen molar-refractivity contribution < 1.29 is 17.6 Å². The van der Waals surface area contributed by atoms with Crippen molar-refractivity contribution in [2.24, 2.45) is 0 Å². The summed E-state index contributed by atoms with van der Waals surface area (Å²) in [6.45, 7) is 1.85. The monoisotopic (exact) mass is 436 g/mol. The Morgan fingerprint density at radius 2 is 1.71 bits per heavy atom. The maximum Gasteiger partial charge on any atom is 0.291 e. The highest BCUT2D eigenvalue weighted by atomic mass is 32.2. The lowest BCUT2D eigenvalue weighted by molar-refractivity contribution is 0.0997. The van der Waals surface area contributed by atoms with E-state index < -0.39 is 15.9 Å². The van der Waals surface area contributed by atoms with Crippen LogP contribution in [0.4, 0.5) is 11.6 Å². The second-order valence-corrected chi connectivity index (χ2v) is 8.31. The van der Waals surface area contributed by atoms with Gasteiger partial charge in [-0.3, -0.25) is 9.59 Å². The topological polar surface area (TPSA) is 131 Å². The number of hydrogen-bond acceptors (Lipinski definition) is 7. The van der Waals surface area contributed by atoms with E-state index in [0.29, 0.717) is 16.7 Å². The molecule has 0 spiro atoms. The SMILES string of the molecule is Cc1ccc2c(=O)cc(C(=O)Nc3ccc(S(=O)(=O)Nc4ncccn4)cc3)oc2c1. The van der Waals surface area contributed by atoms with Gasteiger partial charge < -0.3 is 9.73 Å². The number of carbonyl (C=O) groups is 1. The van der Waals surface area contributed by atoms with Crippen molar-refractivity contribution in [3.63, 3.8) is 0 Å². The molecular weight excluding hydrogens is 420 g/mol. The summed E-state index contributed by atoms with van der Waals surface area (Å²) in [5, 5.41) is 2.96. The van der Waals surface area contributed by atoms with E-state index in [-0.39, 0.29) is 22.0 Å². The Labute approximate surface area is 176 Å². The van der Waals surface area contributed by atoms with E-state index in [1.165, 1.54) is 36.7 Å². The second-order valence-electron chi connectivity index (χ2n) is 6.63. The van der Waals surface area contributed by atoms with Crippen LogP contribution in [0, 0.1) is 6.92 Å². The van der Waals surface area contributed by atoms with Gasteiger partial charge in [0.15, 0.2) is 11.2 Å². The second kappa shape index (κ2) is 8.00. The van der Waals surface area contributed by atoms with Crippen molar-refractivity contribution in [1.82, 2.24) is 9.97 Å². The first-order chi connectivity index (χ1) is 14.8. The number of rotatable bonds is 5. The van der Waals surface area contributed by atoms with Crippen LogP contribution in [0.3, 0.4) is 0 Å². The Bertz CT molecular complexity index is 1430. The molecule has 156 valence electrons. The van der Waals surface area contributed by atoms with Crippen LogP contribution in [0.5, 0.6) is 0 Å². The molecule has 4 aromatic rings. The number of fused-ring (bicyclic) bond motifs is 1. The van der Waals surface area contributed by atoms with Crippen LogP contribution < -0.4 is 15.5 Å². The van der Waals surface area contributed by atoms with Crippen LogP contribution in [0.2, 0.25) is 0 Å². The molecule has 4 rings (SSSR count). The van der Waals surface area contributed by atoms with E-state index in [4.69, 9.17) is 4.42 Å². The van der Waals surface area contributed by atoms with Crippen molar-refractivity contribution in [1.29, 1.82) is 0 Å². The van der Waals surface area contributed by atoms with E-state index in [2.05, 4.69) is 20.0 Å². The molecule has 0 aliphatic heterocycles. The molecule has 0 bridgehead atoms. The Morgan fingerprint density at radius 3 is 2.42 bits per heavy atom. The molecule has 31 heavy (non-hydrogen) atoms. The molecule has 9 nitrogen and oxygen atoms in total. The van der Waals surface area contributed by atoms with E-state index in [0.717, 1.165) is 11.6 Å². The third kappa shape index (κ3) is 4.43. The minimum absolute atomic E-state index is 0.0364. The first kappa shape index (κ1) is 20.2. The lowest BCUT2D eigenvalue weighted by atomic mass is 10.1. The molecule has 0 atom stereocenters. The van der Waals surface area contributed by atoms with Gasteiger partial charge in [-0.15, -0.1) is 0 Å². The minimum atomic E-state index is -3.89. The summed E-state index contributed by atoms with van der Waals surface area (Å²) in [5.74, 6) is -0.837. The molecule has 0 fully saturated rings. The van der Waals surface area contributed by atoms with Crippen LogP contribution >= 0.6 is 0 Å². The molecule has 0 aliphatic rings. The molecule has 2 heterocycles. The summed E-state index contributed by atoms with van der Waals surface area (Å²) in [7, 11) is -3.89. The normalized spacial score (nSPS) is 11.3. The fourth-order valence-electron chi connectivity index (χ4n) is 2.82. The zero-order valence-electron chi connectivity index (χ0n) is 16.2. The van der Waals surface area contributed by atoms with Crippen molar-refractivity contribution in [3.8, 4) is 0 Å². The average molecular weight is 436 g/mol. The van der Waals surface area contributed by atoms with Crippen LogP contribution in [-0.4, -0.2) is 24.3 Å². The molecule has 10 heteroatoms. The van der Waals surface area contributed by atoms with E-state index in [1.54, 1.807) is 24.3 Å². The molecule has 0 saturated heterocycles. The number of carbonyl (C=O) groups excluding carboxylic acids is 1. The number of amides is 1. The first-order valence-corrected chi connectivity index (χ1v) is 10.6. The molecule has 2 N–H and O–H groups in total. The predicted molar refractivity (Wildman–Crippen MR) is 114 cm³/mol. The molecule has 0 unspecified atom stereocenters. The van der Waals surface area contributed by atoms with Gasteiger partial charge >= 0.3 is 0 Å². The van der Waals surface area contributed by atoms with Gasteiger partial charge in [0.05, 0.1) is 10.3 Å². The summed E-state index contributed by atoms with van der Waals surface area (Å²) >= 11 is 0. The zero-order valence-corrected chi connectivity index (χ0v) is 17.0. The van der Waals surface area contributed by atoms with Gasteiger partial charge in [0.2, 0.25) is 5.95 Å². The molecule has 0 saturated carbocycles. The molecular formula is C21H16N4O5S. The van der Waals surface area contributed by atoms with Crippen LogP contribution in [0.15, 0.2) is 81.1 Å². The third-order valence-corrected chi connectivity index (χ3v) is 5.67. The quantitative estimate of drug-likeness (QED) is 0.492. The van der Waals surface area contributed by atoms with Gasteiger partial charge in [-0.2, -0.15) is 0 Å². The summed E-state index contributed by atoms with van der Waals surface area (Å²) < 4.78 is 32.7. The molecule has 1 amide bonds. The predicted octanol–water partition coefficient (Wildman–Crippen LogP) is 2.94. The third-order valence-electron chi connectivity index (χ3n) is 4.32. The molecule has 2 aromatic heterocycles. The summed E-state index contributed by atoms with van der Waals surface area (Å²) in [6, 6.07) is 13.3. The fourth-order valence-corrected chi connectivity index (χ4v) is 3.77. The van der Waals surface area contributed by atoms with Crippen LogP contribution in [-0.2, 0) is 10.0 Å². The maximum absolute atomic E-state index is 12.5. The lowest BCUT2D eigenvalue weighted by Gasteiger charge is -2.08. The molecule has 0 aliphatic carbocycles. The number of anilines is 2. The summed E-state index contributed by atoms with van der Waals surface area (Å²) in [6.07, 6.45) is 2.83.